The normalized spacial score (nSPS) is 16.1. The molecule has 5 heteroatoms. The molecule has 0 bridgehead atoms. The second-order valence-corrected chi connectivity index (χ2v) is 3.86. The van der Waals surface area contributed by atoms with Gasteiger partial charge in [-0.2, -0.15) is 4.98 Å². The maximum absolute atomic E-state index is 5.87. The number of aromatic nitrogens is 2. The van der Waals surface area contributed by atoms with Crippen LogP contribution in [0.5, 0.6) is 5.88 Å². The van der Waals surface area contributed by atoms with Crippen molar-refractivity contribution >= 4 is 11.6 Å². The van der Waals surface area contributed by atoms with Crippen LogP contribution in [0.15, 0.2) is 6.07 Å². The molecule has 0 unspecified atom stereocenters. The number of halogens is 1. The number of aryl methyl sites for hydroxylation is 1. The summed E-state index contributed by atoms with van der Waals surface area (Å²) in [6.07, 6.45) is 1.93. The zero-order chi connectivity index (χ0) is 10.7. The average Bonchev–Trinajstić information content (AvgIpc) is 2.11. The van der Waals surface area contributed by atoms with Crippen molar-refractivity contribution in [3.63, 3.8) is 0 Å². The van der Waals surface area contributed by atoms with Crippen molar-refractivity contribution in [1.82, 2.24) is 9.97 Å². The fourth-order valence-electron chi connectivity index (χ4n) is 1.29. The van der Waals surface area contributed by atoms with Crippen LogP contribution in [0.1, 0.15) is 19.2 Å². The largest absolute Gasteiger partial charge is 0.469 e. The van der Waals surface area contributed by atoms with E-state index in [0.717, 1.165) is 18.7 Å². The van der Waals surface area contributed by atoms with E-state index in [-0.39, 0.29) is 6.10 Å². The minimum atomic E-state index is 0.116. The lowest BCUT2D eigenvalue weighted by Crippen LogP contribution is -2.38. The molecule has 15 heavy (non-hydrogen) atoms. The van der Waals surface area contributed by atoms with Gasteiger partial charge in [0, 0.05) is 12.5 Å². The highest BCUT2D eigenvalue weighted by atomic mass is 35.5. The highest BCUT2D eigenvalue weighted by molar-refractivity contribution is 6.29. The van der Waals surface area contributed by atoms with Crippen LogP contribution in [0.3, 0.4) is 0 Å². The van der Waals surface area contributed by atoms with Gasteiger partial charge in [-0.05, 0) is 6.42 Å². The summed E-state index contributed by atoms with van der Waals surface area (Å²) in [7, 11) is 0. The Labute approximate surface area is 93.6 Å². The Hall–Kier alpha value is -0.870. The van der Waals surface area contributed by atoms with Crippen LogP contribution in [-0.4, -0.2) is 29.3 Å². The molecule has 0 aromatic carbocycles. The number of nitrogens with zero attached hydrogens (tertiary/aromatic N) is 2. The quantitative estimate of drug-likeness (QED) is 0.738. The molecule has 2 rings (SSSR count). The Kier molecular flexibility index (Phi) is 3.38. The molecule has 1 fully saturated rings. The highest BCUT2D eigenvalue weighted by Gasteiger charge is 2.21. The molecule has 1 saturated heterocycles. The summed E-state index contributed by atoms with van der Waals surface area (Å²) in [4.78, 5) is 8.39. The molecular weight excluding hydrogens is 216 g/mol. The van der Waals surface area contributed by atoms with Crippen molar-refractivity contribution in [1.29, 1.82) is 0 Å². The van der Waals surface area contributed by atoms with E-state index in [1.54, 1.807) is 6.07 Å². The first-order valence-electron chi connectivity index (χ1n) is 5.06. The van der Waals surface area contributed by atoms with Gasteiger partial charge in [-0.15, -0.1) is 0 Å². The SMILES string of the molecule is CCCc1nc(Cl)cc(OC2COC2)n1. The van der Waals surface area contributed by atoms with Gasteiger partial charge in [0.25, 0.3) is 0 Å². The third kappa shape index (κ3) is 2.79. The number of rotatable bonds is 4. The number of hydrogen-bond donors (Lipinski definition) is 0. The van der Waals surface area contributed by atoms with E-state index in [0.29, 0.717) is 24.2 Å². The molecule has 2 heterocycles. The maximum atomic E-state index is 5.87. The van der Waals surface area contributed by atoms with Crippen molar-refractivity contribution < 1.29 is 9.47 Å². The monoisotopic (exact) mass is 228 g/mol. The van der Waals surface area contributed by atoms with Gasteiger partial charge in [0.15, 0.2) is 0 Å². The van der Waals surface area contributed by atoms with Crippen LogP contribution in [0.4, 0.5) is 0 Å². The third-order valence-corrected chi connectivity index (χ3v) is 2.28. The van der Waals surface area contributed by atoms with Gasteiger partial charge in [0.05, 0.1) is 13.2 Å². The molecule has 4 nitrogen and oxygen atoms in total. The average molecular weight is 229 g/mol. The van der Waals surface area contributed by atoms with Crippen LogP contribution >= 0.6 is 11.6 Å². The van der Waals surface area contributed by atoms with Gasteiger partial charge >= 0.3 is 0 Å². The molecule has 0 saturated carbocycles. The molecule has 1 aromatic heterocycles. The van der Waals surface area contributed by atoms with Crippen LogP contribution in [0.25, 0.3) is 0 Å². The second-order valence-electron chi connectivity index (χ2n) is 3.47. The van der Waals surface area contributed by atoms with E-state index in [4.69, 9.17) is 21.1 Å². The predicted octanol–water partition coefficient (Wildman–Crippen LogP) is 1.86. The molecule has 82 valence electrons. The second kappa shape index (κ2) is 4.77. The summed E-state index contributed by atoms with van der Waals surface area (Å²) in [5.74, 6) is 1.28. The van der Waals surface area contributed by atoms with E-state index < -0.39 is 0 Å². The first kappa shape index (κ1) is 10.6. The molecule has 0 N–H and O–H groups in total. The minimum Gasteiger partial charge on any atom is -0.469 e. The van der Waals surface area contributed by atoms with E-state index in [9.17, 15) is 0 Å². The van der Waals surface area contributed by atoms with Crippen LogP contribution < -0.4 is 4.74 Å². The summed E-state index contributed by atoms with van der Waals surface area (Å²) >= 11 is 5.87. The number of hydrogen-bond acceptors (Lipinski definition) is 4. The van der Waals surface area contributed by atoms with Crippen molar-refractivity contribution in [3.8, 4) is 5.88 Å². The van der Waals surface area contributed by atoms with E-state index >= 15 is 0 Å². The lowest BCUT2D eigenvalue weighted by molar-refractivity contribution is -0.0814. The third-order valence-electron chi connectivity index (χ3n) is 2.09. The first-order chi connectivity index (χ1) is 7.28. The van der Waals surface area contributed by atoms with Crippen molar-refractivity contribution in [2.24, 2.45) is 0 Å². The predicted molar refractivity (Wildman–Crippen MR) is 56.3 cm³/mol. The highest BCUT2D eigenvalue weighted by Crippen LogP contribution is 2.17. The van der Waals surface area contributed by atoms with Crippen LogP contribution in [0, 0.1) is 0 Å². The van der Waals surface area contributed by atoms with Gasteiger partial charge < -0.3 is 9.47 Å². The van der Waals surface area contributed by atoms with Gasteiger partial charge in [-0.3, -0.25) is 0 Å². The molecule has 0 radical (unpaired) electrons. The Bertz CT molecular complexity index is 342. The first-order valence-corrected chi connectivity index (χ1v) is 5.43. The number of ether oxygens (including phenoxy) is 2. The molecule has 0 atom stereocenters. The van der Waals surface area contributed by atoms with Gasteiger partial charge in [-0.1, -0.05) is 18.5 Å². The standard InChI is InChI=1S/C10H13ClN2O2/c1-2-3-9-12-8(11)4-10(13-9)15-7-5-14-6-7/h4,7H,2-3,5-6H2,1H3. The molecular formula is C10H13ClN2O2. The Morgan fingerprint density at radius 3 is 2.93 bits per heavy atom. The Morgan fingerprint density at radius 2 is 2.33 bits per heavy atom. The molecule has 1 aromatic rings. The van der Waals surface area contributed by atoms with E-state index in [1.165, 1.54) is 0 Å². The molecule has 1 aliphatic heterocycles. The van der Waals surface area contributed by atoms with E-state index in [2.05, 4.69) is 16.9 Å². The van der Waals surface area contributed by atoms with Crippen molar-refractivity contribution in [3.05, 3.63) is 17.0 Å². The van der Waals surface area contributed by atoms with Crippen molar-refractivity contribution in [2.75, 3.05) is 13.2 Å². The topological polar surface area (TPSA) is 44.2 Å². The Balaban J connectivity index is 2.07. The lowest BCUT2D eigenvalue weighted by Gasteiger charge is -2.26. The van der Waals surface area contributed by atoms with Crippen molar-refractivity contribution in [2.45, 2.75) is 25.9 Å². The summed E-state index contributed by atoms with van der Waals surface area (Å²) in [5, 5.41) is 0.434. The molecule has 0 spiro atoms. The lowest BCUT2D eigenvalue weighted by atomic mass is 10.3. The minimum absolute atomic E-state index is 0.116. The fraction of sp³-hybridized carbons (Fsp3) is 0.600. The maximum Gasteiger partial charge on any atom is 0.218 e. The van der Waals surface area contributed by atoms with Crippen LogP contribution in [-0.2, 0) is 11.2 Å². The summed E-state index contributed by atoms with van der Waals surface area (Å²) in [6, 6.07) is 1.64. The smallest absolute Gasteiger partial charge is 0.218 e. The summed E-state index contributed by atoms with van der Waals surface area (Å²) in [6.45, 7) is 3.33. The van der Waals surface area contributed by atoms with Gasteiger partial charge in [0.1, 0.15) is 17.1 Å². The zero-order valence-electron chi connectivity index (χ0n) is 8.57. The fourth-order valence-corrected chi connectivity index (χ4v) is 1.48. The Morgan fingerprint density at radius 1 is 1.53 bits per heavy atom. The summed E-state index contributed by atoms with van der Waals surface area (Å²) < 4.78 is 10.6. The zero-order valence-corrected chi connectivity index (χ0v) is 9.33. The molecule has 1 aliphatic rings. The molecule has 0 amide bonds. The molecule has 0 aliphatic carbocycles. The van der Waals surface area contributed by atoms with Crippen LogP contribution in [0.2, 0.25) is 5.15 Å². The van der Waals surface area contributed by atoms with Gasteiger partial charge in [-0.25, -0.2) is 4.98 Å². The van der Waals surface area contributed by atoms with E-state index in [1.807, 2.05) is 0 Å². The van der Waals surface area contributed by atoms with Gasteiger partial charge in [0.2, 0.25) is 5.88 Å². The summed E-state index contributed by atoms with van der Waals surface area (Å²) in [5.41, 5.74) is 0.